The standard InChI is InChI=1S/C12H21N3O3S/c1-4-18-12(2,3)8-15-11-7-9(19(14,16)17)5-6-10(11)13/h5-7,15H,4,8,13H2,1-3H3,(H2,14,16,17). The Kier molecular flexibility index (Phi) is 4.78. The quantitative estimate of drug-likeness (QED) is 0.680. The summed E-state index contributed by atoms with van der Waals surface area (Å²) in [6, 6.07) is 4.31. The van der Waals surface area contributed by atoms with Crippen molar-refractivity contribution in [3.63, 3.8) is 0 Å². The molecule has 108 valence electrons. The third-order valence-corrected chi connectivity index (χ3v) is 3.50. The lowest BCUT2D eigenvalue weighted by Crippen LogP contribution is -2.33. The van der Waals surface area contributed by atoms with E-state index in [9.17, 15) is 8.42 Å². The average Bonchev–Trinajstić information content (AvgIpc) is 2.26. The predicted octanol–water partition coefficient (Wildman–Crippen LogP) is 1.14. The minimum atomic E-state index is -3.73. The molecule has 0 saturated carbocycles. The van der Waals surface area contributed by atoms with Crippen LogP contribution in [0.3, 0.4) is 0 Å². The Morgan fingerprint density at radius 1 is 1.37 bits per heavy atom. The molecule has 1 aromatic carbocycles. The first kappa shape index (κ1) is 15.7. The molecule has 0 unspecified atom stereocenters. The molecule has 6 nitrogen and oxygen atoms in total. The van der Waals surface area contributed by atoms with Crippen molar-refractivity contribution in [3.05, 3.63) is 18.2 Å². The molecule has 7 heteroatoms. The highest BCUT2D eigenvalue weighted by molar-refractivity contribution is 7.89. The van der Waals surface area contributed by atoms with Gasteiger partial charge in [-0.3, -0.25) is 0 Å². The van der Waals surface area contributed by atoms with Crippen molar-refractivity contribution in [2.24, 2.45) is 5.14 Å². The van der Waals surface area contributed by atoms with E-state index in [1.54, 1.807) is 0 Å². The molecule has 0 aliphatic heterocycles. The molecule has 1 rings (SSSR count). The first-order chi connectivity index (χ1) is 8.65. The predicted molar refractivity (Wildman–Crippen MR) is 76.4 cm³/mol. The van der Waals surface area contributed by atoms with Crippen LogP contribution < -0.4 is 16.2 Å². The number of sulfonamides is 1. The Hall–Kier alpha value is -1.31. The molecular weight excluding hydrogens is 266 g/mol. The number of hydrogen-bond acceptors (Lipinski definition) is 5. The molecule has 0 fully saturated rings. The first-order valence-electron chi connectivity index (χ1n) is 5.96. The highest BCUT2D eigenvalue weighted by atomic mass is 32.2. The fourth-order valence-corrected chi connectivity index (χ4v) is 2.16. The van der Waals surface area contributed by atoms with Gasteiger partial charge in [0.15, 0.2) is 0 Å². The zero-order valence-electron chi connectivity index (χ0n) is 11.4. The maximum atomic E-state index is 11.3. The first-order valence-corrected chi connectivity index (χ1v) is 7.50. The van der Waals surface area contributed by atoms with Gasteiger partial charge in [-0.15, -0.1) is 0 Å². The number of benzene rings is 1. The van der Waals surface area contributed by atoms with Crippen LogP contribution in [0.2, 0.25) is 0 Å². The molecule has 0 bridgehead atoms. The SMILES string of the molecule is CCOC(C)(C)CNc1cc(S(N)(=O)=O)ccc1N. The van der Waals surface area contributed by atoms with Crippen LogP contribution in [0.15, 0.2) is 23.1 Å². The van der Waals surface area contributed by atoms with Crippen LogP contribution in [0.4, 0.5) is 11.4 Å². The number of anilines is 2. The van der Waals surface area contributed by atoms with E-state index in [4.69, 9.17) is 15.6 Å². The molecule has 5 N–H and O–H groups in total. The zero-order valence-corrected chi connectivity index (χ0v) is 12.3. The van der Waals surface area contributed by atoms with Gasteiger partial charge in [0, 0.05) is 13.2 Å². The summed E-state index contributed by atoms with van der Waals surface area (Å²) in [5.41, 5.74) is 6.41. The van der Waals surface area contributed by atoms with Crippen LogP contribution in [0.5, 0.6) is 0 Å². The Morgan fingerprint density at radius 2 is 2.00 bits per heavy atom. The fraction of sp³-hybridized carbons (Fsp3) is 0.500. The number of ether oxygens (including phenoxy) is 1. The monoisotopic (exact) mass is 287 g/mol. The molecule has 0 saturated heterocycles. The van der Waals surface area contributed by atoms with Gasteiger partial charge in [-0.1, -0.05) is 0 Å². The lowest BCUT2D eigenvalue weighted by Gasteiger charge is -2.26. The van der Waals surface area contributed by atoms with Crippen molar-refractivity contribution >= 4 is 21.4 Å². The molecule has 0 aliphatic carbocycles. The van der Waals surface area contributed by atoms with Crippen LogP contribution in [0.1, 0.15) is 20.8 Å². The van der Waals surface area contributed by atoms with E-state index < -0.39 is 10.0 Å². The lowest BCUT2D eigenvalue weighted by molar-refractivity contribution is 0.000708. The van der Waals surface area contributed by atoms with Crippen molar-refractivity contribution in [1.82, 2.24) is 0 Å². The number of rotatable bonds is 6. The van der Waals surface area contributed by atoms with Crippen molar-refractivity contribution in [2.75, 3.05) is 24.2 Å². The number of hydrogen-bond donors (Lipinski definition) is 3. The summed E-state index contributed by atoms with van der Waals surface area (Å²) in [7, 11) is -3.73. The molecule has 0 heterocycles. The summed E-state index contributed by atoms with van der Waals surface area (Å²) in [4.78, 5) is 0.0263. The van der Waals surface area contributed by atoms with Crippen molar-refractivity contribution < 1.29 is 13.2 Å². The average molecular weight is 287 g/mol. The van der Waals surface area contributed by atoms with Gasteiger partial charge in [-0.2, -0.15) is 0 Å². The van der Waals surface area contributed by atoms with Crippen molar-refractivity contribution in [1.29, 1.82) is 0 Å². The van der Waals surface area contributed by atoms with Crippen molar-refractivity contribution in [3.8, 4) is 0 Å². The summed E-state index contributed by atoms with van der Waals surface area (Å²) in [5.74, 6) is 0. The number of primary sulfonamides is 1. The summed E-state index contributed by atoms with van der Waals surface area (Å²) >= 11 is 0. The van der Waals surface area contributed by atoms with E-state index in [-0.39, 0.29) is 10.5 Å². The minimum absolute atomic E-state index is 0.0263. The normalized spacial score (nSPS) is 12.4. The molecule has 0 atom stereocenters. The van der Waals surface area contributed by atoms with Crippen LogP contribution in [-0.4, -0.2) is 27.2 Å². The van der Waals surface area contributed by atoms with Crippen LogP contribution in [0.25, 0.3) is 0 Å². The second kappa shape index (κ2) is 5.77. The summed E-state index contributed by atoms with van der Waals surface area (Å²) in [6.45, 7) is 6.88. The third kappa shape index (κ3) is 4.70. The summed E-state index contributed by atoms with van der Waals surface area (Å²) in [6.07, 6.45) is 0. The lowest BCUT2D eigenvalue weighted by atomic mass is 10.1. The van der Waals surface area contributed by atoms with Crippen LogP contribution in [-0.2, 0) is 14.8 Å². The smallest absolute Gasteiger partial charge is 0.238 e. The highest BCUT2D eigenvalue weighted by Crippen LogP contribution is 2.23. The van der Waals surface area contributed by atoms with Gasteiger partial charge in [0.05, 0.1) is 21.9 Å². The minimum Gasteiger partial charge on any atom is -0.397 e. The van der Waals surface area contributed by atoms with E-state index in [1.165, 1.54) is 18.2 Å². The van der Waals surface area contributed by atoms with Crippen LogP contribution >= 0.6 is 0 Å². The van der Waals surface area contributed by atoms with Gasteiger partial charge in [-0.25, -0.2) is 13.6 Å². The fourth-order valence-electron chi connectivity index (χ4n) is 1.62. The molecule has 0 radical (unpaired) electrons. The Morgan fingerprint density at radius 3 is 2.53 bits per heavy atom. The van der Waals surface area contributed by atoms with E-state index in [0.717, 1.165) is 0 Å². The molecule has 0 amide bonds. The van der Waals surface area contributed by atoms with Gasteiger partial charge in [0.2, 0.25) is 10.0 Å². The maximum Gasteiger partial charge on any atom is 0.238 e. The second-order valence-corrected chi connectivity index (χ2v) is 6.40. The molecule has 19 heavy (non-hydrogen) atoms. The Bertz CT molecular complexity index is 541. The molecular formula is C12H21N3O3S. The molecule has 0 aliphatic rings. The van der Waals surface area contributed by atoms with Crippen LogP contribution in [0, 0.1) is 0 Å². The highest BCUT2D eigenvalue weighted by Gasteiger charge is 2.18. The Labute approximate surface area is 114 Å². The number of nitrogen functional groups attached to an aromatic ring is 1. The van der Waals surface area contributed by atoms with Gasteiger partial charge in [0.1, 0.15) is 0 Å². The van der Waals surface area contributed by atoms with Gasteiger partial charge in [-0.05, 0) is 39.0 Å². The van der Waals surface area contributed by atoms with E-state index in [1.807, 2.05) is 20.8 Å². The maximum absolute atomic E-state index is 11.3. The molecule has 1 aromatic rings. The van der Waals surface area contributed by atoms with E-state index in [2.05, 4.69) is 5.32 Å². The number of nitrogens with two attached hydrogens (primary N) is 2. The topological polar surface area (TPSA) is 107 Å². The summed E-state index contributed by atoms with van der Waals surface area (Å²) < 4.78 is 28.1. The second-order valence-electron chi connectivity index (χ2n) is 4.84. The molecule has 0 spiro atoms. The van der Waals surface area contributed by atoms with Gasteiger partial charge < -0.3 is 15.8 Å². The van der Waals surface area contributed by atoms with Gasteiger partial charge in [0.25, 0.3) is 0 Å². The Balaban J connectivity index is 2.90. The molecule has 0 aromatic heterocycles. The van der Waals surface area contributed by atoms with Gasteiger partial charge >= 0.3 is 0 Å². The van der Waals surface area contributed by atoms with Crippen molar-refractivity contribution in [2.45, 2.75) is 31.3 Å². The largest absolute Gasteiger partial charge is 0.397 e. The number of nitrogens with one attached hydrogen (secondary N) is 1. The third-order valence-electron chi connectivity index (χ3n) is 2.59. The zero-order chi connectivity index (χ0) is 14.7. The summed E-state index contributed by atoms with van der Waals surface area (Å²) in [5, 5.41) is 8.16. The van der Waals surface area contributed by atoms with E-state index in [0.29, 0.717) is 24.5 Å². The van der Waals surface area contributed by atoms with E-state index >= 15 is 0 Å².